The third-order valence-electron chi connectivity index (χ3n) is 4.90. The van der Waals surface area contributed by atoms with Crippen molar-refractivity contribution in [2.45, 2.75) is 51.2 Å². The molecular formula is C14H24N2O4. The van der Waals surface area contributed by atoms with E-state index in [1.807, 2.05) is 0 Å². The average molecular weight is 284 g/mol. The van der Waals surface area contributed by atoms with Gasteiger partial charge in [0.25, 0.3) is 0 Å². The molecule has 0 aromatic carbocycles. The molecule has 2 rings (SSSR count). The molecular weight excluding hydrogens is 260 g/mol. The lowest BCUT2D eigenvalue weighted by Gasteiger charge is -2.40. The van der Waals surface area contributed by atoms with Crippen molar-refractivity contribution in [3.63, 3.8) is 0 Å². The van der Waals surface area contributed by atoms with Crippen LogP contribution in [0.4, 0.5) is 0 Å². The van der Waals surface area contributed by atoms with E-state index in [9.17, 15) is 19.8 Å². The molecule has 1 saturated heterocycles. The Hall–Kier alpha value is -1.14. The van der Waals surface area contributed by atoms with Crippen molar-refractivity contribution in [1.82, 2.24) is 4.90 Å². The van der Waals surface area contributed by atoms with Gasteiger partial charge >= 0.3 is 5.97 Å². The third-order valence-corrected chi connectivity index (χ3v) is 4.90. The highest BCUT2D eigenvalue weighted by Crippen LogP contribution is 2.40. The number of carboxylic acid groups (broad SMARTS) is 1. The predicted octanol–water partition coefficient (Wildman–Crippen LogP) is 0.188. The monoisotopic (exact) mass is 284 g/mol. The van der Waals surface area contributed by atoms with E-state index in [0.29, 0.717) is 18.8 Å². The summed E-state index contributed by atoms with van der Waals surface area (Å²) in [6, 6.07) is -0.916. The first-order valence-electron chi connectivity index (χ1n) is 7.31. The molecule has 1 saturated carbocycles. The van der Waals surface area contributed by atoms with Crippen LogP contribution in [0.3, 0.4) is 0 Å². The van der Waals surface area contributed by atoms with E-state index in [4.69, 9.17) is 5.73 Å². The van der Waals surface area contributed by atoms with Crippen molar-refractivity contribution in [1.29, 1.82) is 0 Å². The summed E-state index contributed by atoms with van der Waals surface area (Å²) in [5, 5.41) is 18.9. The van der Waals surface area contributed by atoms with Crippen LogP contribution in [0.5, 0.6) is 0 Å². The second-order valence-electron chi connectivity index (χ2n) is 6.37. The number of aliphatic hydroxyl groups excluding tert-OH is 1. The second-order valence-corrected chi connectivity index (χ2v) is 6.37. The van der Waals surface area contributed by atoms with Crippen LogP contribution in [0.2, 0.25) is 0 Å². The number of amides is 1. The zero-order valence-electron chi connectivity index (χ0n) is 11.9. The van der Waals surface area contributed by atoms with Gasteiger partial charge in [0.05, 0.1) is 11.5 Å². The number of carbonyl (C=O) groups is 2. The maximum atomic E-state index is 12.8. The number of nitrogens with two attached hydrogens (primary N) is 1. The Morgan fingerprint density at radius 3 is 2.45 bits per heavy atom. The van der Waals surface area contributed by atoms with Crippen LogP contribution in [-0.2, 0) is 9.59 Å². The first-order chi connectivity index (χ1) is 9.39. The molecule has 2 fully saturated rings. The topological polar surface area (TPSA) is 104 Å². The zero-order valence-corrected chi connectivity index (χ0v) is 11.9. The van der Waals surface area contributed by atoms with E-state index in [1.165, 1.54) is 4.90 Å². The largest absolute Gasteiger partial charge is 0.480 e. The highest BCUT2D eigenvalue weighted by Gasteiger charge is 2.48. The number of β-amino-alcohol motifs (C(OH)–C–C–N with tert-alkyl or cyclic N) is 1. The number of hydrogen-bond acceptors (Lipinski definition) is 4. The third kappa shape index (κ3) is 2.67. The van der Waals surface area contributed by atoms with Crippen molar-refractivity contribution in [2.24, 2.45) is 17.1 Å². The fourth-order valence-electron chi connectivity index (χ4n) is 3.40. The molecule has 1 aliphatic heterocycles. The quantitative estimate of drug-likeness (QED) is 0.686. The van der Waals surface area contributed by atoms with Gasteiger partial charge in [-0.2, -0.15) is 0 Å². The van der Waals surface area contributed by atoms with Crippen LogP contribution in [0.1, 0.15) is 39.0 Å². The maximum Gasteiger partial charge on any atom is 0.326 e. The molecule has 0 spiro atoms. The summed E-state index contributed by atoms with van der Waals surface area (Å²) in [7, 11) is 0. The summed E-state index contributed by atoms with van der Waals surface area (Å²) in [6.07, 6.45) is 2.66. The molecule has 1 amide bonds. The number of hydrogen-bond donors (Lipinski definition) is 3. The highest BCUT2D eigenvalue weighted by atomic mass is 16.4. The van der Waals surface area contributed by atoms with Crippen molar-refractivity contribution in [3.05, 3.63) is 0 Å². The SMILES string of the molecule is CC1CCC(CN)(C(=O)N2CC(O)C[C@H]2C(=O)O)CC1. The Morgan fingerprint density at radius 2 is 1.95 bits per heavy atom. The minimum Gasteiger partial charge on any atom is -0.480 e. The zero-order chi connectivity index (χ0) is 14.9. The summed E-state index contributed by atoms with van der Waals surface area (Å²) in [5.41, 5.74) is 5.22. The molecule has 6 heteroatoms. The Labute approximate surface area is 118 Å². The lowest BCUT2D eigenvalue weighted by molar-refractivity contribution is -0.154. The van der Waals surface area contributed by atoms with Crippen molar-refractivity contribution in [3.8, 4) is 0 Å². The van der Waals surface area contributed by atoms with Gasteiger partial charge in [-0.05, 0) is 31.6 Å². The fraction of sp³-hybridized carbons (Fsp3) is 0.857. The minimum absolute atomic E-state index is 0.104. The van der Waals surface area contributed by atoms with Gasteiger partial charge < -0.3 is 20.8 Å². The lowest BCUT2D eigenvalue weighted by atomic mass is 9.70. The molecule has 0 aromatic rings. The molecule has 114 valence electrons. The molecule has 1 aliphatic carbocycles. The lowest BCUT2D eigenvalue weighted by Crippen LogP contribution is -2.52. The Kier molecular flexibility index (Phi) is 4.34. The maximum absolute atomic E-state index is 12.8. The number of likely N-dealkylation sites (tertiary alicyclic amines) is 1. The highest BCUT2D eigenvalue weighted by molar-refractivity contribution is 5.88. The molecule has 2 aliphatic rings. The van der Waals surface area contributed by atoms with E-state index in [2.05, 4.69) is 6.92 Å². The molecule has 2 atom stereocenters. The Balaban J connectivity index is 2.18. The van der Waals surface area contributed by atoms with Gasteiger partial charge in [-0.1, -0.05) is 6.92 Å². The fourth-order valence-corrected chi connectivity index (χ4v) is 3.40. The Morgan fingerprint density at radius 1 is 1.35 bits per heavy atom. The van der Waals surface area contributed by atoms with Gasteiger partial charge in [-0.15, -0.1) is 0 Å². The van der Waals surface area contributed by atoms with E-state index in [-0.39, 0.29) is 25.4 Å². The molecule has 20 heavy (non-hydrogen) atoms. The molecule has 0 aromatic heterocycles. The average Bonchev–Trinajstić information content (AvgIpc) is 2.81. The number of aliphatic carboxylic acids is 1. The number of nitrogens with zero attached hydrogens (tertiary/aromatic N) is 1. The van der Waals surface area contributed by atoms with E-state index in [1.54, 1.807) is 0 Å². The van der Waals surface area contributed by atoms with Gasteiger partial charge in [0.15, 0.2) is 0 Å². The predicted molar refractivity (Wildman–Crippen MR) is 72.9 cm³/mol. The summed E-state index contributed by atoms with van der Waals surface area (Å²) in [5.74, 6) is -0.649. The smallest absolute Gasteiger partial charge is 0.326 e. The summed E-state index contributed by atoms with van der Waals surface area (Å²) in [6.45, 7) is 2.51. The number of aliphatic hydroxyl groups is 1. The molecule has 0 radical (unpaired) electrons. The number of rotatable bonds is 3. The van der Waals surface area contributed by atoms with Crippen LogP contribution in [-0.4, -0.2) is 52.2 Å². The van der Waals surface area contributed by atoms with Crippen molar-refractivity contribution >= 4 is 11.9 Å². The first-order valence-corrected chi connectivity index (χ1v) is 7.31. The molecule has 4 N–H and O–H groups in total. The van der Waals surface area contributed by atoms with Gasteiger partial charge in [-0.25, -0.2) is 4.79 Å². The van der Waals surface area contributed by atoms with E-state index >= 15 is 0 Å². The molecule has 6 nitrogen and oxygen atoms in total. The normalized spacial score (nSPS) is 38.0. The van der Waals surface area contributed by atoms with Crippen LogP contribution >= 0.6 is 0 Å². The Bertz CT molecular complexity index is 391. The summed E-state index contributed by atoms with van der Waals surface area (Å²) in [4.78, 5) is 25.4. The standard InChI is InChI=1S/C14H24N2O4/c1-9-2-4-14(8-15,5-3-9)13(20)16-7-10(17)6-11(16)12(18)19/h9-11,17H,2-8,15H2,1H3,(H,18,19)/t9?,10?,11-,14?/m0/s1. The van der Waals surface area contributed by atoms with Crippen LogP contribution in [0.15, 0.2) is 0 Å². The summed E-state index contributed by atoms with van der Waals surface area (Å²) < 4.78 is 0. The molecule has 1 unspecified atom stereocenters. The van der Waals surface area contributed by atoms with Crippen molar-refractivity contribution in [2.75, 3.05) is 13.1 Å². The van der Waals surface area contributed by atoms with Crippen LogP contribution in [0.25, 0.3) is 0 Å². The van der Waals surface area contributed by atoms with Crippen LogP contribution < -0.4 is 5.73 Å². The van der Waals surface area contributed by atoms with E-state index < -0.39 is 23.5 Å². The van der Waals surface area contributed by atoms with Crippen molar-refractivity contribution < 1.29 is 19.8 Å². The van der Waals surface area contributed by atoms with E-state index in [0.717, 1.165) is 12.8 Å². The first kappa shape index (κ1) is 15.3. The van der Waals surface area contributed by atoms with Crippen LogP contribution in [0, 0.1) is 11.3 Å². The van der Waals surface area contributed by atoms with Gasteiger partial charge in [0, 0.05) is 19.5 Å². The summed E-state index contributed by atoms with van der Waals surface area (Å²) >= 11 is 0. The molecule has 1 heterocycles. The minimum atomic E-state index is -1.05. The number of carbonyl (C=O) groups excluding carboxylic acids is 1. The van der Waals surface area contributed by atoms with Gasteiger partial charge in [-0.3, -0.25) is 4.79 Å². The second kappa shape index (κ2) is 5.69. The molecule has 0 bridgehead atoms. The van der Waals surface area contributed by atoms with Gasteiger partial charge in [0.1, 0.15) is 6.04 Å². The van der Waals surface area contributed by atoms with Gasteiger partial charge in [0.2, 0.25) is 5.91 Å². The number of carboxylic acids is 1.